The number of thioether (sulfide) groups is 1. The highest BCUT2D eigenvalue weighted by atomic mass is 32.2. The fourth-order valence-electron chi connectivity index (χ4n) is 4.35. The molecule has 0 aliphatic carbocycles. The fraction of sp³-hybridized carbons (Fsp3) is 0.464. The van der Waals surface area contributed by atoms with Gasteiger partial charge in [0.2, 0.25) is 5.91 Å². The Morgan fingerprint density at radius 1 is 1.08 bits per heavy atom. The number of benzene rings is 2. The van der Waals surface area contributed by atoms with Gasteiger partial charge in [-0.15, -0.1) is 0 Å². The number of ether oxygens (including phenoxy) is 3. The maximum Gasteiger partial charge on any atom is 0.411 e. The zero-order chi connectivity index (χ0) is 26.7. The van der Waals surface area contributed by atoms with E-state index < -0.39 is 6.09 Å². The summed E-state index contributed by atoms with van der Waals surface area (Å²) in [6, 6.07) is 13.1. The molecule has 2 heterocycles. The van der Waals surface area contributed by atoms with Crippen molar-refractivity contribution in [2.75, 3.05) is 56.8 Å². The number of anilines is 1. The molecule has 0 spiro atoms. The molecule has 10 heteroatoms. The molecule has 0 unspecified atom stereocenters. The van der Waals surface area contributed by atoms with E-state index in [1.807, 2.05) is 49.0 Å². The molecule has 0 saturated carbocycles. The van der Waals surface area contributed by atoms with Crippen molar-refractivity contribution >= 4 is 35.2 Å². The lowest BCUT2D eigenvalue weighted by molar-refractivity contribution is -0.132. The van der Waals surface area contributed by atoms with Crippen molar-refractivity contribution in [1.82, 2.24) is 9.91 Å². The molecule has 2 aliphatic heterocycles. The van der Waals surface area contributed by atoms with Crippen LogP contribution in [0.25, 0.3) is 0 Å². The van der Waals surface area contributed by atoms with Crippen molar-refractivity contribution in [2.45, 2.75) is 32.7 Å². The molecule has 38 heavy (non-hydrogen) atoms. The molecule has 4 rings (SSSR count). The minimum absolute atomic E-state index is 0.0265. The van der Waals surface area contributed by atoms with Crippen LogP contribution in [-0.4, -0.2) is 79.1 Å². The predicted octanol–water partition coefficient (Wildman–Crippen LogP) is 4.61. The van der Waals surface area contributed by atoms with E-state index in [0.717, 1.165) is 42.9 Å². The van der Waals surface area contributed by atoms with Gasteiger partial charge in [-0.05, 0) is 49.2 Å². The molecular weight excluding hydrogens is 504 g/mol. The Balaban J connectivity index is 1.29. The number of nitrogens with zero attached hydrogens (tertiary/aromatic N) is 3. The van der Waals surface area contributed by atoms with E-state index in [0.29, 0.717) is 49.8 Å². The predicted molar refractivity (Wildman–Crippen MR) is 150 cm³/mol. The second kappa shape index (κ2) is 14.1. The normalized spacial score (nSPS) is 16.1. The molecule has 2 aromatic carbocycles. The Morgan fingerprint density at radius 2 is 1.87 bits per heavy atom. The summed E-state index contributed by atoms with van der Waals surface area (Å²) in [5, 5.41) is 8.91. The van der Waals surface area contributed by atoms with Gasteiger partial charge >= 0.3 is 6.09 Å². The molecular formula is C28H36N4O5S. The monoisotopic (exact) mass is 540 g/mol. The van der Waals surface area contributed by atoms with Crippen LogP contribution >= 0.6 is 11.8 Å². The third-order valence-corrected chi connectivity index (χ3v) is 7.33. The molecule has 204 valence electrons. The number of hydrogen-bond donors (Lipinski definition) is 1. The first-order valence-electron chi connectivity index (χ1n) is 13.1. The highest BCUT2D eigenvalue weighted by molar-refractivity contribution is 7.99. The number of hydrazone groups is 1. The van der Waals surface area contributed by atoms with Gasteiger partial charge in [0.25, 0.3) is 0 Å². The first kappa shape index (κ1) is 27.8. The van der Waals surface area contributed by atoms with Crippen molar-refractivity contribution in [2.24, 2.45) is 5.10 Å². The molecule has 0 aromatic heterocycles. The number of methoxy groups -OCH3 is 1. The molecule has 1 N–H and O–H groups in total. The van der Waals surface area contributed by atoms with Gasteiger partial charge < -0.3 is 19.1 Å². The molecule has 0 atom stereocenters. The zero-order valence-electron chi connectivity index (χ0n) is 22.1. The van der Waals surface area contributed by atoms with Crippen LogP contribution in [0.15, 0.2) is 47.6 Å². The average Bonchev–Trinajstić information content (AvgIpc) is 2.94. The average molecular weight is 541 g/mol. The van der Waals surface area contributed by atoms with Gasteiger partial charge in [-0.1, -0.05) is 12.1 Å². The lowest BCUT2D eigenvalue weighted by atomic mass is 10.0. The van der Waals surface area contributed by atoms with Crippen LogP contribution in [0.4, 0.5) is 10.5 Å². The maximum atomic E-state index is 12.6. The van der Waals surface area contributed by atoms with Crippen LogP contribution in [0.5, 0.6) is 11.5 Å². The van der Waals surface area contributed by atoms with E-state index in [1.165, 1.54) is 16.5 Å². The number of hydrogen-bond acceptors (Lipinski definition) is 8. The molecule has 9 nitrogen and oxygen atoms in total. The van der Waals surface area contributed by atoms with Crippen LogP contribution in [-0.2, 0) is 16.1 Å². The van der Waals surface area contributed by atoms with Gasteiger partial charge in [0.15, 0.2) is 11.5 Å². The maximum absolute atomic E-state index is 12.6. The van der Waals surface area contributed by atoms with Crippen LogP contribution in [0, 0.1) is 0 Å². The van der Waals surface area contributed by atoms with Crippen molar-refractivity contribution in [3.05, 3.63) is 53.6 Å². The van der Waals surface area contributed by atoms with E-state index in [2.05, 4.69) is 15.3 Å². The second-order valence-corrected chi connectivity index (χ2v) is 10.3. The molecule has 2 aromatic rings. The molecule has 2 amide bonds. The summed E-state index contributed by atoms with van der Waals surface area (Å²) in [6.07, 6.45) is 1.32. The first-order valence-corrected chi connectivity index (χ1v) is 14.2. The highest BCUT2D eigenvalue weighted by Crippen LogP contribution is 2.30. The third-order valence-electron chi connectivity index (χ3n) is 6.39. The Labute approximate surface area is 228 Å². The highest BCUT2D eigenvalue weighted by Gasteiger charge is 2.22. The van der Waals surface area contributed by atoms with Gasteiger partial charge in [-0.2, -0.15) is 16.9 Å². The number of rotatable bonds is 11. The summed E-state index contributed by atoms with van der Waals surface area (Å²) < 4.78 is 16.4. The van der Waals surface area contributed by atoms with Crippen molar-refractivity contribution < 1.29 is 23.8 Å². The van der Waals surface area contributed by atoms with Gasteiger partial charge in [0.05, 0.1) is 32.6 Å². The molecule has 2 aliphatic rings. The lowest BCUT2D eigenvalue weighted by Crippen LogP contribution is -2.34. The molecule has 0 bridgehead atoms. The van der Waals surface area contributed by atoms with Crippen LogP contribution < -0.4 is 14.8 Å². The lowest BCUT2D eigenvalue weighted by Gasteiger charge is -2.25. The smallest absolute Gasteiger partial charge is 0.411 e. The van der Waals surface area contributed by atoms with Gasteiger partial charge in [-0.3, -0.25) is 10.1 Å². The molecule has 0 radical (unpaired) electrons. The number of carbonyl (C=O) groups excluding carboxylic acids is 2. The number of carbonyl (C=O) groups is 2. The SMILES string of the molecule is CCOc1cc(C2=NN(Cc3ccc(NC(=O)OCCCN4CCSCC4)cc3)C(=O)CC2)ccc1OC. The van der Waals surface area contributed by atoms with E-state index >= 15 is 0 Å². The van der Waals surface area contributed by atoms with Gasteiger partial charge in [0, 0.05) is 55.2 Å². The Bertz CT molecular complexity index is 1120. The van der Waals surface area contributed by atoms with Crippen LogP contribution in [0.2, 0.25) is 0 Å². The summed E-state index contributed by atoms with van der Waals surface area (Å²) in [5.41, 5.74) is 3.28. The van der Waals surface area contributed by atoms with Crippen molar-refractivity contribution in [3.8, 4) is 11.5 Å². The summed E-state index contributed by atoms with van der Waals surface area (Å²) in [4.78, 5) is 27.1. The van der Waals surface area contributed by atoms with Crippen molar-refractivity contribution in [3.63, 3.8) is 0 Å². The summed E-state index contributed by atoms with van der Waals surface area (Å²) in [6.45, 7) is 6.35. The minimum atomic E-state index is -0.460. The minimum Gasteiger partial charge on any atom is -0.493 e. The quantitative estimate of drug-likeness (QED) is 0.416. The summed E-state index contributed by atoms with van der Waals surface area (Å²) in [7, 11) is 1.61. The fourth-order valence-corrected chi connectivity index (χ4v) is 5.33. The van der Waals surface area contributed by atoms with Gasteiger partial charge in [0.1, 0.15) is 0 Å². The standard InChI is InChI=1S/C28H36N4O5S/c1-3-36-26-19-22(7-11-25(26)35-2)24-10-12-27(33)32(30-24)20-21-5-8-23(9-6-21)29-28(34)37-16-4-13-31-14-17-38-18-15-31/h5-9,11,19H,3-4,10,12-18,20H2,1-2H3,(H,29,34). The number of nitrogens with one attached hydrogen (secondary N) is 1. The van der Waals surface area contributed by atoms with E-state index in [4.69, 9.17) is 14.2 Å². The second-order valence-electron chi connectivity index (χ2n) is 9.06. The Kier molecular flexibility index (Phi) is 10.3. The third kappa shape index (κ3) is 7.88. The number of amides is 2. The zero-order valence-corrected chi connectivity index (χ0v) is 22.9. The summed E-state index contributed by atoms with van der Waals surface area (Å²) in [5.74, 6) is 3.64. The van der Waals surface area contributed by atoms with Gasteiger partial charge in [-0.25, -0.2) is 9.80 Å². The van der Waals surface area contributed by atoms with Crippen molar-refractivity contribution in [1.29, 1.82) is 0 Å². The van der Waals surface area contributed by atoms with E-state index in [1.54, 1.807) is 19.2 Å². The Morgan fingerprint density at radius 3 is 2.61 bits per heavy atom. The summed E-state index contributed by atoms with van der Waals surface area (Å²) >= 11 is 1.99. The van der Waals surface area contributed by atoms with Crippen LogP contribution in [0.3, 0.4) is 0 Å². The Hall–Kier alpha value is -3.24. The largest absolute Gasteiger partial charge is 0.493 e. The first-order chi connectivity index (χ1) is 18.6. The topological polar surface area (TPSA) is 92.7 Å². The van der Waals surface area contributed by atoms with E-state index in [-0.39, 0.29) is 5.91 Å². The molecule has 1 fully saturated rings. The molecule has 1 saturated heterocycles. The van der Waals surface area contributed by atoms with Crippen LogP contribution in [0.1, 0.15) is 37.3 Å². The van der Waals surface area contributed by atoms with E-state index in [9.17, 15) is 9.59 Å².